The molecule has 1 aromatic heterocycles. The lowest BCUT2D eigenvalue weighted by molar-refractivity contribution is -0.133. The number of nitrogens with zero attached hydrogens (tertiary/aromatic N) is 2. The number of amides is 1. The Labute approximate surface area is 126 Å². The van der Waals surface area contributed by atoms with Gasteiger partial charge in [-0.2, -0.15) is 0 Å². The average molecular weight is 307 g/mol. The van der Waals surface area contributed by atoms with E-state index in [4.69, 9.17) is 5.11 Å². The molecule has 1 aromatic carbocycles. The number of likely N-dealkylation sites (N-methyl/N-ethyl adjacent to an activating group) is 1. The van der Waals surface area contributed by atoms with Crippen molar-refractivity contribution < 1.29 is 14.7 Å². The van der Waals surface area contributed by atoms with Crippen LogP contribution in [0.3, 0.4) is 0 Å². The molecule has 6 nitrogen and oxygen atoms in total. The van der Waals surface area contributed by atoms with Crippen molar-refractivity contribution in [2.45, 2.75) is 25.0 Å². The summed E-state index contributed by atoms with van der Waals surface area (Å²) >= 11 is 1.12. The molecule has 0 spiro atoms. The minimum atomic E-state index is -0.914. The summed E-state index contributed by atoms with van der Waals surface area (Å²) in [5, 5.41) is 12.0. The molecular weight excluding hydrogens is 290 g/mol. The van der Waals surface area contributed by atoms with E-state index in [0.29, 0.717) is 5.16 Å². The van der Waals surface area contributed by atoms with Crippen molar-refractivity contribution in [3.63, 3.8) is 0 Å². The van der Waals surface area contributed by atoms with E-state index in [1.807, 2.05) is 25.1 Å². The van der Waals surface area contributed by atoms with E-state index in [1.165, 1.54) is 0 Å². The molecule has 0 aliphatic carbocycles. The quantitative estimate of drug-likeness (QED) is 0.823. The van der Waals surface area contributed by atoms with E-state index < -0.39 is 12.0 Å². The van der Waals surface area contributed by atoms with E-state index in [1.54, 1.807) is 18.5 Å². The number of hydrogen-bond acceptors (Lipinski definition) is 4. The molecule has 0 saturated heterocycles. The van der Waals surface area contributed by atoms with Gasteiger partial charge in [-0.25, -0.2) is 4.98 Å². The number of benzene rings is 1. The molecule has 2 N–H and O–H groups in total. The van der Waals surface area contributed by atoms with Crippen molar-refractivity contribution in [2.24, 2.45) is 0 Å². The van der Waals surface area contributed by atoms with Crippen LogP contribution in [-0.2, 0) is 9.59 Å². The first-order valence-corrected chi connectivity index (χ1v) is 7.48. The highest BCUT2D eigenvalue weighted by Crippen LogP contribution is 2.29. The summed E-state index contributed by atoms with van der Waals surface area (Å²) in [4.78, 5) is 27.2. The summed E-state index contributed by atoms with van der Waals surface area (Å²) < 4.78 is 1.80. The summed E-state index contributed by atoms with van der Waals surface area (Å²) in [5.41, 5.74) is 2.62. The van der Waals surface area contributed by atoms with Gasteiger partial charge >= 0.3 is 5.97 Å². The van der Waals surface area contributed by atoms with Crippen LogP contribution < -0.4 is 5.32 Å². The number of aryl methyl sites for hydroxylation is 1. The summed E-state index contributed by atoms with van der Waals surface area (Å²) in [7, 11) is 1.58. The second-order valence-corrected chi connectivity index (χ2v) is 5.62. The lowest BCUT2D eigenvalue weighted by atomic mass is 10.2. The first-order valence-electron chi connectivity index (χ1n) is 6.49. The normalized spacial score (nSPS) is 12.3. The number of thioether (sulfide) groups is 1. The zero-order valence-corrected chi connectivity index (χ0v) is 12.9. The number of fused-ring (bicyclic) bond motifs is 1. The standard InChI is InChI=1S/C14H17N3O3S/c1-8-5-4-6-10-12(8)17(9(2)13(20)15-3)14(16-10)21-7-11(18)19/h4-6,9H,7H2,1-3H3,(H,15,20)(H,18,19). The number of carbonyl (C=O) groups is 2. The van der Waals surface area contributed by atoms with Gasteiger partial charge in [-0.3, -0.25) is 9.59 Å². The Bertz CT molecular complexity index is 696. The minimum absolute atomic E-state index is 0.0944. The molecule has 1 amide bonds. The molecule has 21 heavy (non-hydrogen) atoms. The predicted octanol–water partition coefficient (Wildman–Crippen LogP) is 1.83. The number of carboxylic acids is 1. The van der Waals surface area contributed by atoms with Gasteiger partial charge in [0.05, 0.1) is 16.8 Å². The van der Waals surface area contributed by atoms with Gasteiger partial charge in [0, 0.05) is 7.05 Å². The van der Waals surface area contributed by atoms with Crippen LogP contribution in [0.2, 0.25) is 0 Å². The molecule has 1 unspecified atom stereocenters. The van der Waals surface area contributed by atoms with Gasteiger partial charge in [0.25, 0.3) is 0 Å². The molecule has 112 valence electrons. The lowest BCUT2D eigenvalue weighted by Crippen LogP contribution is -2.28. The van der Waals surface area contributed by atoms with E-state index in [9.17, 15) is 9.59 Å². The van der Waals surface area contributed by atoms with Crippen molar-refractivity contribution in [3.05, 3.63) is 23.8 Å². The number of carbonyl (C=O) groups excluding carboxylic acids is 1. The fraction of sp³-hybridized carbons (Fsp3) is 0.357. The highest BCUT2D eigenvalue weighted by Gasteiger charge is 2.22. The fourth-order valence-corrected chi connectivity index (χ4v) is 3.02. The highest BCUT2D eigenvalue weighted by molar-refractivity contribution is 7.99. The van der Waals surface area contributed by atoms with Crippen molar-refractivity contribution in [1.29, 1.82) is 0 Å². The smallest absolute Gasteiger partial charge is 0.313 e. The second kappa shape index (κ2) is 6.17. The third-order valence-electron chi connectivity index (χ3n) is 3.22. The summed E-state index contributed by atoms with van der Waals surface area (Å²) in [6.07, 6.45) is 0. The Hall–Kier alpha value is -2.02. The molecular formula is C14H17N3O3S. The number of aliphatic carboxylic acids is 1. The zero-order valence-electron chi connectivity index (χ0n) is 12.1. The van der Waals surface area contributed by atoms with Crippen molar-refractivity contribution >= 4 is 34.7 Å². The molecule has 2 aromatic rings. The molecule has 2 rings (SSSR count). The Kier molecular flexibility index (Phi) is 4.52. The number of imidazole rings is 1. The number of hydrogen-bond donors (Lipinski definition) is 2. The lowest BCUT2D eigenvalue weighted by Gasteiger charge is -2.16. The van der Waals surface area contributed by atoms with Gasteiger partial charge < -0.3 is 15.0 Å². The zero-order chi connectivity index (χ0) is 15.6. The van der Waals surface area contributed by atoms with Crippen LogP contribution >= 0.6 is 11.8 Å². The molecule has 0 radical (unpaired) electrons. The average Bonchev–Trinajstić information content (AvgIpc) is 2.83. The molecule has 1 heterocycles. The van der Waals surface area contributed by atoms with Crippen LogP contribution in [0, 0.1) is 6.92 Å². The molecule has 0 aliphatic rings. The van der Waals surface area contributed by atoms with Gasteiger partial charge in [0.15, 0.2) is 5.16 Å². The Morgan fingerprint density at radius 1 is 1.48 bits per heavy atom. The van der Waals surface area contributed by atoms with Crippen LogP contribution in [-0.4, -0.2) is 39.3 Å². The SMILES string of the molecule is CNC(=O)C(C)n1c(SCC(=O)O)nc2cccc(C)c21. The summed E-state index contributed by atoms with van der Waals surface area (Å²) in [5.74, 6) is -1.15. The maximum absolute atomic E-state index is 12.0. The van der Waals surface area contributed by atoms with E-state index in [0.717, 1.165) is 28.4 Å². The predicted molar refractivity (Wildman–Crippen MR) is 81.6 cm³/mol. The molecule has 0 saturated carbocycles. The molecule has 7 heteroatoms. The maximum atomic E-state index is 12.0. The van der Waals surface area contributed by atoms with E-state index in [2.05, 4.69) is 10.3 Å². The Balaban J connectivity index is 2.58. The Morgan fingerprint density at radius 3 is 2.81 bits per heavy atom. The van der Waals surface area contributed by atoms with Crippen LogP contribution in [0.1, 0.15) is 18.5 Å². The van der Waals surface area contributed by atoms with E-state index >= 15 is 0 Å². The van der Waals surface area contributed by atoms with Gasteiger partial charge in [-0.15, -0.1) is 0 Å². The fourth-order valence-electron chi connectivity index (χ4n) is 2.21. The molecule has 1 atom stereocenters. The number of carboxylic acid groups (broad SMARTS) is 1. The first kappa shape index (κ1) is 15.4. The monoisotopic (exact) mass is 307 g/mol. The molecule has 0 fully saturated rings. The molecule has 0 aliphatic heterocycles. The van der Waals surface area contributed by atoms with E-state index in [-0.39, 0.29) is 11.7 Å². The highest BCUT2D eigenvalue weighted by atomic mass is 32.2. The third kappa shape index (κ3) is 3.02. The van der Waals surface area contributed by atoms with Gasteiger partial charge in [0.1, 0.15) is 6.04 Å². The van der Waals surface area contributed by atoms with Gasteiger partial charge in [-0.05, 0) is 25.5 Å². The number of aromatic nitrogens is 2. The van der Waals surface area contributed by atoms with Crippen molar-refractivity contribution in [3.8, 4) is 0 Å². The number of nitrogens with one attached hydrogen (secondary N) is 1. The first-order chi connectivity index (χ1) is 9.95. The van der Waals surface area contributed by atoms with Crippen LogP contribution in [0.5, 0.6) is 0 Å². The third-order valence-corrected chi connectivity index (χ3v) is 4.15. The maximum Gasteiger partial charge on any atom is 0.313 e. The summed E-state index contributed by atoms with van der Waals surface area (Å²) in [6.45, 7) is 3.72. The topological polar surface area (TPSA) is 84.2 Å². The number of para-hydroxylation sites is 1. The minimum Gasteiger partial charge on any atom is -0.481 e. The Morgan fingerprint density at radius 2 is 2.19 bits per heavy atom. The van der Waals surface area contributed by atoms with Gasteiger partial charge in [-0.1, -0.05) is 23.9 Å². The van der Waals surface area contributed by atoms with Gasteiger partial charge in [0.2, 0.25) is 5.91 Å². The summed E-state index contributed by atoms with van der Waals surface area (Å²) in [6, 6.07) is 5.24. The van der Waals surface area contributed by atoms with Crippen molar-refractivity contribution in [1.82, 2.24) is 14.9 Å². The van der Waals surface area contributed by atoms with Crippen LogP contribution in [0.15, 0.2) is 23.4 Å². The second-order valence-electron chi connectivity index (χ2n) is 4.68. The van der Waals surface area contributed by atoms with Crippen LogP contribution in [0.4, 0.5) is 0 Å². The molecule has 0 bridgehead atoms. The largest absolute Gasteiger partial charge is 0.481 e. The van der Waals surface area contributed by atoms with Crippen molar-refractivity contribution in [2.75, 3.05) is 12.8 Å². The number of rotatable bonds is 5. The van der Waals surface area contributed by atoms with Crippen LogP contribution in [0.25, 0.3) is 11.0 Å².